The molecule has 1 aromatic carbocycles. The van der Waals surface area contributed by atoms with Gasteiger partial charge in [0.2, 0.25) is 5.91 Å². The van der Waals surface area contributed by atoms with Gasteiger partial charge in [-0.05, 0) is 37.3 Å². The van der Waals surface area contributed by atoms with Crippen molar-refractivity contribution in [2.24, 2.45) is 5.41 Å². The third-order valence-corrected chi connectivity index (χ3v) is 5.73. The van der Waals surface area contributed by atoms with Crippen molar-refractivity contribution in [2.45, 2.75) is 25.8 Å². The van der Waals surface area contributed by atoms with Crippen molar-refractivity contribution in [3.63, 3.8) is 0 Å². The summed E-state index contributed by atoms with van der Waals surface area (Å²) in [6.45, 7) is 3.70. The number of piperidine rings is 1. The van der Waals surface area contributed by atoms with Crippen LogP contribution in [0.2, 0.25) is 0 Å². The van der Waals surface area contributed by atoms with Crippen molar-refractivity contribution in [1.29, 1.82) is 0 Å². The lowest BCUT2D eigenvalue weighted by molar-refractivity contribution is -0.134. The lowest BCUT2D eigenvalue weighted by Gasteiger charge is -2.38. The molecule has 7 heteroatoms. The van der Waals surface area contributed by atoms with Crippen LogP contribution in [0.15, 0.2) is 47.3 Å². The van der Waals surface area contributed by atoms with Crippen LogP contribution < -0.4 is 10.9 Å². The number of rotatable bonds is 3. The van der Waals surface area contributed by atoms with E-state index < -0.39 is 0 Å². The Morgan fingerprint density at radius 3 is 2.48 bits per heavy atom. The number of benzene rings is 1. The van der Waals surface area contributed by atoms with E-state index in [-0.39, 0.29) is 30.4 Å². The van der Waals surface area contributed by atoms with Gasteiger partial charge in [-0.2, -0.15) is 5.10 Å². The van der Waals surface area contributed by atoms with Gasteiger partial charge >= 0.3 is 0 Å². The third-order valence-electron chi connectivity index (χ3n) is 5.73. The van der Waals surface area contributed by atoms with Crippen molar-refractivity contribution in [2.75, 3.05) is 26.2 Å². The first-order valence-corrected chi connectivity index (χ1v) is 9.27. The summed E-state index contributed by atoms with van der Waals surface area (Å²) in [7, 11) is 0. The molecule has 2 aromatic rings. The smallest absolute Gasteiger partial charge is 0.267 e. The van der Waals surface area contributed by atoms with Crippen LogP contribution in [0.1, 0.15) is 19.3 Å². The van der Waals surface area contributed by atoms with E-state index in [9.17, 15) is 9.59 Å². The highest BCUT2D eigenvalue weighted by Crippen LogP contribution is 2.36. The van der Waals surface area contributed by atoms with Crippen LogP contribution >= 0.6 is 12.4 Å². The largest absolute Gasteiger partial charge is 0.341 e. The van der Waals surface area contributed by atoms with Crippen LogP contribution in [-0.2, 0) is 11.3 Å². The quantitative estimate of drug-likeness (QED) is 0.872. The summed E-state index contributed by atoms with van der Waals surface area (Å²) in [5, 5.41) is 7.83. The molecule has 2 aliphatic rings. The summed E-state index contributed by atoms with van der Waals surface area (Å²) in [6, 6.07) is 12.9. The van der Waals surface area contributed by atoms with Gasteiger partial charge in [0.05, 0.1) is 5.69 Å². The zero-order valence-electron chi connectivity index (χ0n) is 15.3. The van der Waals surface area contributed by atoms with E-state index in [4.69, 9.17) is 0 Å². The zero-order valence-corrected chi connectivity index (χ0v) is 16.1. The average Bonchev–Trinajstić information content (AvgIpc) is 3.13. The second kappa shape index (κ2) is 8.23. The van der Waals surface area contributed by atoms with Crippen LogP contribution in [0.5, 0.6) is 0 Å². The number of amides is 1. The highest BCUT2D eigenvalue weighted by molar-refractivity contribution is 5.85. The number of likely N-dealkylation sites (tertiary alicyclic amines) is 1. The number of carbonyl (C=O) groups excluding carboxylic acids is 1. The molecule has 2 saturated heterocycles. The van der Waals surface area contributed by atoms with Gasteiger partial charge in [-0.3, -0.25) is 9.59 Å². The number of aromatic nitrogens is 2. The Morgan fingerprint density at radius 1 is 1.07 bits per heavy atom. The molecule has 0 aliphatic carbocycles. The van der Waals surface area contributed by atoms with Crippen LogP contribution in [0.4, 0.5) is 0 Å². The Hall–Kier alpha value is -2.18. The maximum atomic E-state index is 12.7. The Labute approximate surface area is 165 Å². The molecule has 4 rings (SSSR count). The molecular formula is C20H25ClN4O2. The summed E-state index contributed by atoms with van der Waals surface area (Å²) >= 11 is 0. The first-order valence-electron chi connectivity index (χ1n) is 9.27. The van der Waals surface area contributed by atoms with E-state index in [1.165, 1.54) is 17.2 Å². The third kappa shape index (κ3) is 4.22. The lowest BCUT2D eigenvalue weighted by atomic mass is 9.78. The Bertz CT molecular complexity index is 837. The van der Waals surface area contributed by atoms with Crippen molar-refractivity contribution < 1.29 is 4.79 Å². The van der Waals surface area contributed by atoms with Crippen LogP contribution in [0, 0.1) is 5.41 Å². The number of nitrogens with zero attached hydrogens (tertiary/aromatic N) is 3. The summed E-state index contributed by atoms with van der Waals surface area (Å²) in [6.07, 6.45) is 3.28. The molecule has 1 spiro atoms. The predicted octanol–water partition coefficient (Wildman–Crippen LogP) is 1.93. The number of halogens is 1. The Morgan fingerprint density at radius 2 is 1.81 bits per heavy atom. The monoisotopic (exact) mass is 388 g/mol. The Kier molecular flexibility index (Phi) is 5.97. The van der Waals surface area contributed by atoms with Gasteiger partial charge in [0, 0.05) is 31.3 Å². The summed E-state index contributed by atoms with van der Waals surface area (Å²) in [4.78, 5) is 26.7. The van der Waals surface area contributed by atoms with Gasteiger partial charge in [0.25, 0.3) is 5.56 Å². The maximum absolute atomic E-state index is 12.7. The molecule has 1 N–H and O–H groups in total. The van der Waals surface area contributed by atoms with Gasteiger partial charge in [-0.15, -0.1) is 12.4 Å². The summed E-state index contributed by atoms with van der Waals surface area (Å²) < 4.78 is 1.28. The minimum Gasteiger partial charge on any atom is -0.341 e. The zero-order chi connectivity index (χ0) is 18.0. The number of hydrogen-bond acceptors (Lipinski definition) is 4. The molecule has 6 nitrogen and oxygen atoms in total. The molecule has 3 heterocycles. The number of carbonyl (C=O) groups is 1. The topological polar surface area (TPSA) is 67.2 Å². The van der Waals surface area contributed by atoms with E-state index >= 15 is 0 Å². The minimum absolute atomic E-state index is 0. The fourth-order valence-electron chi connectivity index (χ4n) is 4.01. The SMILES string of the molecule is Cl.O=C(Cn1nc(-c2ccccc2)ccc1=O)N1CCC2(CCNC2)CC1. The molecule has 2 fully saturated rings. The lowest BCUT2D eigenvalue weighted by Crippen LogP contribution is -2.46. The standard InChI is InChI=1S/C20H24N4O2.ClH/c25-18-7-6-17(16-4-2-1-3-5-16)22-24(18)14-19(26)23-12-9-20(10-13-23)8-11-21-15-20;/h1-7,21H,8-15H2;1H. The molecule has 2 aliphatic heterocycles. The molecule has 0 saturated carbocycles. The van der Waals surface area contributed by atoms with Crippen LogP contribution in [0.3, 0.4) is 0 Å². The predicted molar refractivity (Wildman–Crippen MR) is 107 cm³/mol. The normalized spacial score (nSPS) is 18.3. The van der Waals surface area contributed by atoms with Gasteiger partial charge in [-0.1, -0.05) is 30.3 Å². The average molecular weight is 389 g/mol. The molecule has 0 unspecified atom stereocenters. The number of nitrogens with one attached hydrogen (secondary N) is 1. The molecular weight excluding hydrogens is 364 g/mol. The first kappa shape index (κ1) is 19.6. The van der Waals surface area contributed by atoms with E-state index in [2.05, 4.69) is 10.4 Å². The molecule has 0 radical (unpaired) electrons. The highest BCUT2D eigenvalue weighted by atomic mass is 35.5. The van der Waals surface area contributed by atoms with E-state index in [0.29, 0.717) is 11.1 Å². The second-order valence-electron chi connectivity index (χ2n) is 7.39. The molecule has 1 amide bonds. The van der Waals surface area contributed by atoms with E-state index in [0.717, 1.165) is 44.6 Å². The minimum atomic E-state index is -0.244. The summed E-state index contributed by atoms with van der Waals surface area (Å²) in [5.41, 5.74) is 1.76. The van der Waals surface area contributed by atoms with Gasteiger partial charge in [0.15, 0.2) is 0 Å². The second-order valence-corrected chi connectivity index (χ2v) is 7.39. The molecule has 0 bridgehead atoms. The van der Waals surface area contributed by atoms with Gasteiger partial charge in [0.1, 0.15) is 6.54 Å². The van der Waals surface area contributed by atoms with Gasteiger partial charge < -0.3 is 10.2 Å². The summed E-state index contributed by atoms with van der Waals surface area (Å²) in [5.74, 6) is -0.0226. The molecule has 27 heavy (non-hydrogen) atoms. The highest BCUT2D eigenvalue weighted by Gasteiger charge is 2.38. The van der Waals surface area contributed by atoms with Crippen molar-refractivity contribution in [3.8, 4) is 11.3 Å². The fraction of sp³-hybridized carbons (Fsp3) is 0.450. The molecule has 1 aromatic heterocycles. The van der Waals surface area contributed by atoms with E-state index in [1.807, 2.05) is 35.2 Å². The van der Waals surface area contributed by atoms with E-state index in [1.54, 1.807) is 6.07 Å². The molecule has 144 valence electrons. The first-order chi connectivity index (χ1) is 12.7. The fourth-order valence-corrected chi connectivity index (χ4v) is 4.01. The van der Waals surface area contributed by atoms with Crippen molar-refractivity contribution >= 4 is 18.3 Å². The van der Waals surface area contributed by atoms with Crippen LogP contribution in [0.25, 0.3) is 11.3 Å². The van der Waals surface area contributed by atoms with Crippen molar-refractivity contribution in [1.82, 2.24) is 20.0 Å². The number of hydrogen-bond donors (Lipinski definition) is 1. The van der Waals surface area contributed by atoms with Crippen molar-refractivity contribution in [3.05, 3.63) is 52.8 Å². The Balaban J connectivity index is 0.00000210. The molecule has 0 atom stereocenters. The maximum Gasteiger partial charge on any atom is 0.267 e. The van der Waals surface area contributed by atoms with Crippen LogP contribution in [-0.4, -0.2) is 46.8 Å². The van der Waals surface area contributed by atoms with Gasteiger partial charge in [-0.25, -0.2) is 4.68 Å².